The van der Waals surface area contributed by atoms with E-state index in [2.05, 4.69) is 33.5 Å². The Kier molecular flexibility index (Phi) is 4.14. The molecule has 0 saturated heterocycles. The lowest BCUT2D eigenvalue weighted by Gasteiger charge is -2.13. The number of nitrogens with zero attached hydrogens (tertiary/aromatic N) is 5. The lowest BCUT2D eigenvalue weighted by Crippen LogP contribution is -2.05. The Morgan fingerprint density at radius 1 is 0.931 bits per heavy atom. The van der Waals surface area contributed by atoms with Crippen LogP contribution in [0.25, 0.3) is 22.4 Å². The standard InChI is InChI=1S/C22H17ClN6/c1-13-22-18-8-4-15(16-5-9-20(24)25-11-16)10-19(18)21(26-12-29(22)28-27-13)14-2-6-17(23)7-3-14/h2-11H,12H2,1H3,(H2,24,25). The van der Waals surface area contributed by atoms with Crippen molar-refractivity contribution in [2.75, 3.05) is 5.73 Å². The molecule has 5 rings (SSSR count). The van der Waals surface area contributed by atoms with Gasteiger partial charge >= 0.3 is 0 Å². The van der Waals surface area contributed by atoms with Gasteiger partial charge in [-0.1, -0.05) is 41.1 Å². The third-order valence-electron chi connectivity index (χ3n) is 5.03. The van der Waals surface area contributed by atoms with Crippen LogP contribution in [0.2, 0.25) is 5.02 Å². The average Bonchev–Trinajstić information content (AvgIpc) is 3.01. The summed E-state index contributed by atoms with van der Waals surface area (Å²) in [5, 5.41) is 9.20. The van der Waals surface area contributed by atoms with Crippen LogP contribution in [0.15, 0.2) is 65.8 Å². The maximum absolute atomic E-state index is 6.10. The molecule has 2 aromatic carbocycles. The smallest absolute Gasteiger partial charge is 0.134 e. The van der Waals surface area contributed by atoms with Gasteiger partial charge in [-0.2, -0.15) is 0 Å². The van der Waals surface area contributed by atoms with Crippen molar-refractivity contribution in [2.24, 2.45) is 4.99 Å². The Bertz CT molecular complexity index is 1240. The molecule has 2 N–H and O–H groups in total. The number of pyridine rings is 1. The molecule has 6 nitrogen and oxygen atoms in total. The van der Waals surface area contributed by atoms with E-state index in [0.29, 0.717) is 17.5 Å². The van der Waals surface area contributed by atoms with E-state index < -0.39 is 0 Å². The van der Waals surface area contributed by atoms with Crippen LogP contribution in [-0.4, -0.2) is 25.7 Å². The third-order valence-corrected chi connectivity index (χ3v) is 5.29. The van der Waals surface area contributed by atoms with Crippen LogP contribution in [0.4, 0.5) is 5.82 Å². The second-order valence-corrected chi connectivity index (χ2v) is 7.35. The predicted octanol–water partition coefficient (Wildman–Crippen LogP) is 4.36. The minimum Gasteiger partial charge on any atom is -0.384 e. The van der Waals surface area contributed by atoms with E-state index in [1.807, 2.05) is 41.9 Å². The third kappa shape index (κ3) is 3.07. The number of fused-ring (bicyclic) bond motifs is 3. The maximum Gasteiger partial charge on any atom is 0.134 e. The van der Waals surface area contributed by atoms with E-state index in [9.17, 15) is 0 Å². The Hall–Kier alpha value is -3.51. The molecule has 0 saturated carbocycles. The summed E-state index contributed by atoms with van der Waals surface area (Å²) in [6, 6.07) is 17.8. The Morgan fingerprint density at radius 2 is 1.69 bits per heavy atom. The molecule has 1 aliphatic heterocycles. The van der Waals surface area contributed by atoms with Gasteiger partial charge in [0.15, 0.2) is 0 Å². The van der Waals surface area contributed by atoms with Crippen molar-refractivity contribution in [1.29, 1.82) is 0 Å². The summed E-state index contributed by atoms with van der Waals surface area (Å²) in [7, 11) is 0. The van der Waals surface area contributed by atoms with Crippen molar-refractivity contribution in [3.8, 4) is 22.4 Å². The summed E-state index contributed by atoms with van der Waals surface area (Å²) in [5.74, 6) is 0.498. The highest BCUT2D eigenvalue weighted by Gasteiger charge is 2.22. The van der Waals surface area contributed by atoms with E-state index >= 15 is 0 Å². The molecule has 29 heavy (non-hydrogen) atoms. The van der Waals surface area contributed by atoms with Gasteiger partial charge in [-0.25, -0.2) is 9.67 Å². The van der Waals surface area contributed by atoms with Crippen LogP contribution < -0.4 is 5.73 Å². The van der Waals surface area contributed by atoms with Crippen LogP contribution >= 0.6 is 11.6 Å². The first kappa shape index (κ1) is 17.6. The molecule has 0 aliphatic carbocycles. The summed E-state index contributed by atoms with van der Waals surface area (Å²) in [4.78, 5) is 9.09. The molecule has 0 fully saturated rings. The molecule has 0 unspecified atom stereocenters. The SMILES string of the molecule is Cc1nnn2c1-c1ccc(-c3ccc(N)nc3)cc1C(c1ccc(Cl)cc1)=NC2. The van der Waals surface area contributed by atoms with E-state index in [1.54, 1.807) is 12.3 Å². The summed E-state index contributed by atoms with van der Waals surface area (Å²) in [6.07, 6.45) is 1.78. The molecule has 1 aliphatic rings. The lowest BCUT2D eigenvalue weighted by molar-refractivity contribution is 0.618. The second kappa shape index (κ2) is 6.83. The highest BCUT2D eigenvalue weighted by molar-refractivity contribution is 6.30. The highest BCUT2D eigenvalue weighted by Crippen LogP contribution is 2.34. The van der Waals surface area contributed by atoms with Crippen LogP contribution in [0.5, 0.6) is 0 Å². The second-order valence-electron chi connectivity index (χ2n) is 6.91. The van der Waals surface area contributed by atoms with E-state index in [4.69, 9.17) is 22.3 Å². The van der Waals surface area contributed by atoms with E-state index in [1.165, 1.54) is 0 Å². The molecule has 0 atom stereocenters. The Morgan fingerprint density at radius 3 is 2.45 bits per heavy atom. The number of rotatable bonds is 2. The monoisotopic (exact) mass is 400 g/mol. The first-order chi connectivity index (χ1) is 14.1. The van der Waals surface area contributed by atoms with Gasteiger partial charge < -0.3 is 5.73 Å². The number of aromatic nitrogens is 4. The van der Waals surface area contributed by atoms with Crippen molar-refractivity contribution >= 4 is 23.1 Å². The summed E-state index contributed by atoms with van der Waals surface area (Å²) >= 11 is 6.10. The van der Waals surface area contributed by atoms with Crippen molar-refractivity contribution in [2.45, 2.75) is 13.6 Å². The summed E-state index contributed by atoms with van der Waals surface area (Å²) < 4.78 is 1.83. The quantitative estimate of drug-likeness (QED) is 0.542. The zero-order valence-electron chi connectivity index (χ0n) is 15.7. The van der Waals surface area contributed by atoms with Gasteiger partial charge in [-0.05, 0) is 42.8 Å². The first-order valence-electron chi connectivity index (χ1n) is 9.17. The van der Waals surface area contributed by atoms with Gasteiger partial charge in [0.2, 0.25) is 0 Å². The normalized spacial score (nSPS) is 12.7. The van der Waals surface area contributed by atoms with E-state index in [-0.39, 0.29) is 0 Å². The first-order valence-corrected chi connectivity index (χ1v) is 9.55. The summed E-state index contributed by atoms with van der Waals surface area (Å²) in [5.41, 5.74) is 13.6. The van der Waals surface area contributed by atoms with Gasteiger partial charge in [-0.15, -0.1) is 5.10 Å². The fourth-order valence-corrected chi connectivity index (χ4v) is 3.74. The van der Waals surface area contributed by atoms with Crippen molar-refractivity contribution in [1.82, 2.24) is 20.0 Å². The molecule has 0 radical (unpaired) electrons. The molecule has 0 bridgehead atoms. The fraction of sp³-hybridized carbons (Fsp3) is 0.0909. The van der Waals surface area contributed by atoms with Gasteiger partial charge in [0.1, 0.15) is 12.5 Å². The summed E-state index contributed by atoms with van der Waals surface area (Å²) in [6.45, 7) is 2.37. The molecule has 4 aromatic rings. The minimum absolute atomic E-state index is 0.404. The van der Waals surface area contributed by atoms with Crippen LogP contribution in [0.3, 0.4) is 0 Å². The van der Waals surface area contributed by atoms with Crippen LogP contribution in [0, 0.1) is 6.92 Å². The number of anilines is 1. The van der Waals surface area contributed by atoms with Gasteiger partial charge in [0.05, 0.1) is 17.1 Å². The molecule has 0 spiro atoms. The Labute approximate surface area is 172 Å². The van der Waals surface area contributed by atoms with Gasteiger partial charge in [0, 0.05) is 33.5 Å². The van der Waals surface area contributed by atoms with Crippen molar-refractivity contribution in [3.05, 3.63) is 82.6 Å². The van der Waals surface area contributed by atoms with Crippen LogP contribution in [0.1, 0.15) is 16.8 Å². The lowest BCUT2D eigenvalue weighted by atomic mass is 9.92. The fourth-order valence-electron chi connectivity index (χ4n) is 3.61. The van der Waals surface area contributed by atoms with Gasteiger partial charge in [0.25, 0.3) is 0 Å². The van der Waals surface area contributed by atoms with Gasteiger partial charge in [-0.3, -0.25) is 4.99 Å². The number of hydrogen-bond donors (Lipinski definition) is 1. The highest BCUT2D eigenvalue weighted by atomic mass is 35.5. The topological polar surface area (TPSA) is 82.0 Å². The number of aliphatic imine (C=N–C) groups is 1. The van der Waals surface area contributed by atoms with Crippen LogP contribution in [-0.2, 0) is 6.67 Å². The molecule has 0 amide bonds. The average molecular weight is 401 g/mol. The number of halogens is 1. The minimum atomic E-state index is 0.404. The molecule has 7 heteroatoms. The van der Waals surface area contributed by atoms with Crippen molar-refractivity contribution < 1.29 is 0 Å². The molecule has 3 heterocycles. The van der Waals surface area contributed by atoms with E-state index in [0.717, 1.165) is 44.9 Å². The Balaban J connectivity index is 1.74. The molecular weight excluding hydrogens is 384 g/mol. The number of benzene rings is 2. The van der Waals surface area contributed by atoms with Crippen molar-refractivity contribution in [3.63, 3.8) is 0 Å². The number of nitrogen functional groups attached to an aromatic ring is 1. The number of hydrogen-bond acceptors (Lipinski definition) is 5. The zero-order chi connectivity index (χ0) is 20.0. The molecular formula is C22H17ClN6. The number of nitrogens with two attached hydrogens (primary N) is 1. The molecule has 142 valence electrons. The molecule has 2 aromatic heterocycles. The zero-order valence-corrected chi connectivity index (χ0v) is 16.4. The largest absolute Gasteiger partial charge is 0.384 e. The number of aryl methyl sites for hydroxylation is 1. The maximum atomic E-state index is 6.10. The predicted molar refractivity (Wildman–Crippen MR) is 115 cm³/mol.